The van der Waals surface area contributed by atoms with Gasteiger partial charge in [-0.3, -0.25) is 4.79 Å². The zero-order valence-electron chi connectivity index (χ0n) is 9.77. The van der Waals surface area contributed by atoms with Crippen LogP contribution < -0.4 is 11.1 Å². The summed E-state index contributed by atoms with van der Waals surface area (Å²) < 4.78 is 0.976. The first kappa shape index (κ1) is 12.6. The number of nitrogen functional groups attached to an aromatic ring is 1. The Morgan fingerprint density at radius 1 is 1.33 bits per heavy atom. The lowest BCUT2D eigenvalue weighted by molar-refractivity contribution is 0.102. The zero-order valence-corrected chi connectivity index (χ0v) is 11.4. The molecule has 92 valence electrons. The third kappa shape index (κ3) is 2.87. The topological polar surface area (TPSA) is 68.0 Å². The Kier molecular flexibility index (Phi) is 3.62. The van der Waals surface area contributed by atoms with Gasteiger partial charge in [-0.15, -0.1) is 0 Å². The third-order valence-electron chi connectivity index (χ3n) is 2.46. The molecule has 5 heteroatoms. The molecule has 0 aliphatic rings. The van der Waals surface area contributed by atoms with Crippen molar-refractivity contribution in [3.8, 4) is 0 Å². The summed E-state index contributed by atoms with van der Waals surface area (Å²) in [6.07, 6.45) is 1.46. The lowest BCUT2D eigenvalue weighted by Crippen LogP contribution is -2.14. The molecule has 2 rings (SSSR count). The zero-order chi connectivity index (χ0) is 13.1. The Hall–Kier alpha value is -1.88. The van der Waals surface area contributed by atoms with Gasteiger partial charge in [0.2, 0.25) is 0 Å². The summed E-state index contributed by atoms with van der Waals surface area (Å²) in [7, 11) is 0. The van der Waals surface area contributed by atoms with Crippen LogP contribution in [0.2, 0.25) is 0 Å². The second-order valence-corrected chi connectivity index (χ2v) is 4.81. The van der Waals surface area contributed by atoms with Crippen LogP contribution in [-0.2, 0) is 0 Å². The molecule has 0 spiro atoms. The van der Waals surface area contributed by atoms with Crippen LogP contribution in [0.3, 0.4) is 0 Å². The molecule has 1 aromatic carbocycles. The average molecular weight is 306 g/mol. The van der Waals surface area contributed by atoms with Crippen LogP contribution in [0, 0.1) is 6.92 Å². The van der Waals surface area contributed by atoms with Gasteiger partial charge in [0.25, 0.3) is 5.91 Å². The van der Waals surface area contributed by atoms with Gasteiger partial charge in [0.15, 0.2) is 0 Å². The van der Waals surface area contributed by atoms with Crippen molar-refractivity contribution in [1.29, 1.82) is 0 Å². The SMILES string of the molecule is Cc1cc(Br)ccc1NC(=O)c1ccc(N)cn1. The number of halogens is 1. The van der Waals surface area contributed by atoms with E-state index in [1.165, 1.54) is 6.20 Å². The number of aromatic nitrogens is 1. The number of anilines is 2. The Labute approximate surface area is 113 Å². The molecular weight excluding hydrogens is 294 g/mol. The molecule has 0 bridgehead atoms. The number of hydrogen-bond donors (Lipinski definition) is 2. The third-order valence-corrected chi connectivity index (χ3v) is 2.95. The van der Waals surface area contributed by atoms with Gasteiger partial charge in [-0.05, 0) is 42.8 Å². The van der Waals surface area contributed by atoms with Gasteiger partial charge < -0.3 is 11.1 Å². The van der Waals surface area contributed by atoms with E-state index in [0.717, 1.165) is 15.7 Å². The minimum atomic E-state index is -0.250. The Balaban J connectivity index is 2.18. The van der Waals surface area contributed by atoms with Crippen molar-refractivity contribution in [3.63, 3.8) is 0 Å². The molecule has 4 nitrogen and oxygen atoms in total. The number of carbonyl (C=O) groups excluding carboxylic acids is 1. The van der Waals surface area contributed by atoms with Crippen molar-refractivity contribution in [3.05, 3.63) is 52.3 Å². The second-order valence-electron chi connectivity index (χ2n) is 3.89. The summed E-state index contributed by atoms with van der Waals surface area (Å²) in [5, 5.41) is 2.81. The van der Waals surface area contributed by atoms with Gasteiger partial charge >= 0.3 is 0 Å². The van der Waals surface area contributed by atoms with Crippen LogP contribution in [0.15, 0.2) is 41.0 Å². The van der Waals surface area contributed by atoms with Crippen LogP contribution in [0.4, 0.5) is 11.4 Å². The lowest BCUT2D eigenvalue weighted by atomic mass is 10.2. The van der Waals surface area contributed by atoms with Gasteiger partial charge in [-0.2, -0.15) is 0 Å². The summed E-state index contributed by atoms with van der Waals surface area (Å²) >= 11 is 3.38. The summed E-state index contributed by atoms with van der Waals surface area (Å²) in [5.41, 5.74) is 8.14. The predicted molar refractivity (Wildman–Crippen MR) is 75.5 cm³/mol. The Bertz CT molecular complexity index is 581. The van der Waals surface area contributed by atoms with Crippen LogP contribution in [-0.4, -0.2) is 10.9 Å². The molecule has 0 unspecified atom stereocenters. The highest BCUT2D eigenvalue weighted by Gasteiger charge is 2.08. The first-order chi connectivity index (χ1) is 8.56. The molecule has 0 saturated heterocycles. The number of nitrogens with two attached hydrogens (primary N) is 1. The van der Waals surface area contributed by atoms with Crippen molar-refractivity contribution in [2.24, 2.45) is 0 Å². The van der Waals surface area contributed by atoms with E-state index in [1.54, 1.807) is 12.1 Å². The number of benzene rings is 1. The van der Waals surface area contributed by atoms with Gasteiger partial charge in [0, 0.05) is 10.2 Å². The first-order valence-corrected chi connectivity index (χ1v) is 6.14. The molecule has 0 saturated carbocycles. The largest absolute Gasteiger partial charge is 0.397 e. The van der Waals surface area contributed by atoms with E-state index in [2.05, 4.69) is 26.2 Å². The van der Waals surface area contributed by atoms with Crippen molar-refractivity contribution >= 4 is 33.2 Å². The molecule has 0 aliphatic carbocycles. The van der Waals surface area contributed by atoms with Gasteiger partial charge in [0.05, 0.1) is 11.9 Å². The molecule has 1 heterocycles. The number of nitrogens with zero attached hydrogens (tertiary/aromatic N) is 1. The van der Waals surface area contributed by atoms with Crippen LogP contribution in [0.25, 0.3) is 0 Å². The summed E-state index contributed by atoms with van der Waals surface area (Å²) in [6.45, 7) is 1.93. The Morgan fingerprint density at radius 2 is 2.11 bits per heavy atom. The highest BCUT2D eigenvalue weighted by Crippen LogP contribution is 2.20. The highest BCUT2D eigenvalue weighted by molar-refractivity contribution is 9.10. The normalized spacial score (nSPS) is 10.1. The molecule has 0 aliphatic heterocycles. The molecule has 0 radical (unpaired) electrons. The van der Waals surface area contributed by atoms with Gasteiger partial charge in [-0.25, -0.2) is 4.98 Å². The van der Waals surface area contributed by atoms with Gasteiger partial charge in [-0.1, -0.05) is 15.9 Å². The van der Waals surface area contributed by atoms with E-state index >= 15 is 0 Å². The molecule has 3 N–H and O–H groups in total. The fourth-order valence-electron chi connectivity index (χ4n) is 1.49. The average Bonchev–Trinajstić information content (AvgIpc) is 2.33. The fourth-order valence-corrected chi connectivity index (χ4v) is 1.97. The molecule has 2 aromatic rings. The molecule has 18 heavy (non-hydrogen) atoms. The van der Waals surface area contributed by atoms with E-state index < -0.39 is 0 Å². The second kappa shape index (κ2) is 5.18. The minimum Gasteiger partial charge on any atom is -0.397 e. The number of amides is 1. The number of aryl methyl sites for hydroxylation is 1. The molecule has 1 aromatic heterocycles. The monoisotopic (exact) mass is 305 g/mol. The number of hydrogen-bond acceptors (Lipinski definition) is 3. The first-order valence-electron chi connectivity index (χ1n) is 5.35. The highest BCUT2D eigenvalue weighted by atomic mass is 79.9. The maximum atomic E-state index is 11.9. The summed E-state index contributed by atoms with van der Waals surface area (Å²) in [6, 6.07) is 8.90. The number of pyridine rings is 1. The van der Waals surface area contributed by atoms with E-state index in [9.17, 15) is 4.79 Å². The fraction of sp³-hybridized carbons (Fsp3) is 0.0769. The standard InChI is InChI=1S/C13H12BrN3O/c1-8-6-9(14)2-4-11(8)17-13(18)12-5-3-10(15)7-16-12/h2-7H,15H2,1H3,(H,17,18). The van der Waals surface area contributed by atoms with Crippen molar-refractivity contribution in [2.45, 2.75) is 6.92 Å². The van der Waals surface area contributed by atoms with E-state index in [1.807, 2.05) is 25.1 Å². The van der Waals surface area contributed by atoms with E-state index in [-0.39, 0.29) is 5.91 Å². The minimum absolute atomic E-state index is 0.250. The predicted octanol–water partition coefficient (Wildman–Crippen LogP) is 2.99. The number of nitrogens with one attached hydrogen (secondary N) is 1. The van der Waals surface area contributed by atoms with Crippen molar-refractivity contribution in [2.75, 3.05) is 11.1 Å². The lowest BCUT2D eigenvalue weighted by Gasteiger charge is -2.08. The number of carbonyl (C=O) groups is 1. The molecule has 1 amide bonds. The van der Waals surface area contributed by atoms with E-state index in [4.69, 9.17) is 5.73 Å². The van der Waals surface area contributed by atoms with E-state index in [0.29, 0.717) is 11.4 Å². The quantitative estimate of drug-likeness (QED) is 0.896. The van der Waals surface area contributed by atoms with Gasteiger partial charge in [0.1, 0.15) is 5.69 Å². The maximum Gasteiger partial charge on any atom is 0.274 e. The summed E-state index contributed by atoms with van der Waals surface area (Å²) in [4.78, 5) is 15.9. The van der Waals surface area contributed by atoms with Crippen LogP contribution >= 0.6 is 15.9 Å². The van der Waals surface area contributed by atoms with Crippen LogP contribution in [0.1, 0.15) is 16.1 Å². The molecular formula is C13H12BrN3O. The van der Waals surface area contributed by atoms with Crippen molar-refractivity contribution < 1.29 is 4.79 Å². The summed E-state index contributed by atoms with van der Waals surface area (Å²) in [5.74, 6) is -0.250. The maximum absolute atomic E-state index is 11.9. The van der Waals surface area contributed by atoms with Crippen LogP contribution in [0.5, 0.6) is 0 Å². The van der Waals surface area contributed by atoms with Crippen molar-refractivity contribution in [1.82, 2.24) is 4.98 Å². The smallest absolute Gasteiger partial charge is 0.274 e. The number of rotatable bonds is 2. The Morgan fingerprint density at radius 3 is 2.72 bits per heavy atom. The molecule has 0 fully saturated rings. The molecule has 0 atom stereocenters.